The zero-order valence-electron chi connectivity index (χ0n) is 12.6. The maximum atomic E-state index is 12.5. The number of hydrogen-bond donors (Lipinski definition) is 1. The predicted molar refractivity (Wildman–Crippen MR) is 80.5 cm³/mol. The maximum Gasteiger partial charge on any atom is 0.260 e. The third kappa shape index (κ3) is 3.03. The van der Waals surface area contributed by atoms with E-state index in [2.05, 4.69) is 9.97 Å². The van der Waals surface area contributed by atoms with E-state index >= 15 is 0 Å². The van der Waals surface area contributed by atoms with Gasteiger partial charge in [0.05, 0.1) is 12.5 Å². The summed E-state index contributed by atoms with van der Waals surface area (Å²) in [7, 11) is -3.53. The molecule has 2 fully saturated rings. The Labute approximate surface area is 130 Å². The Morgan fingerprint density at radius 1 is 1.14 bits per heavy atom. The van der Waals surface area contributed by atoms with Crippen LogP contribution >= 0.6 is 0 Å². The van der Waals surface area contributed by atoms with Gasteiger partial charge in [0.2, 0.25) is 5.91 Å². The lowest BCUT2D eigenvalue weighted by molar-refractivity contribution is -0.135. The minimum absolute atomic E-state index is 0.114. The Bertz CT molecular complexity index is 608. The standard InChI is InChI=1S/C14H22N4O3S/c19-14(12-4-1-2-5-12)17-6-3-7-18(9-8-17)22(20,21)13-10-15-11-16-13/h10-12H,1-9H2,(H,15,16). The van der Waals surface area contributed by atoms with Crippen LogP contribution in [0.3, 0.4) is 0 Å². The SMILES string of the molecule is O=C(C1CCCC1)N1CCCN(S(=O)(=O)c2cnc[nH]2)CC1. The summed E-state index contributed by atoms with van der Waals surface area (Å²) in [5.41, 5.74) is 0. The van der Waals surface area contributed by atoms with Crippen LogP contribution in [-0.4, -0.2) is 59.7 Å². The Kier molecular flexibility index (Phi) is 4.49. The number of imidazole rings is 1. The molecular formula is C14H22N4O3S. The Balaban J connectivity index is 1.66. The third-order valence-electron chi connectivity index (χ3n) is 4.56. The van der Waals surface area contributed by atoms with E-state index in [1.54, 1.807) is 0 Å². The summed E-state index contributed by atoms with van der Waals surface area (Å²) in [4.78, 5) is 20.8. The third-order valence-corrected chi connectivity index (χ3v) is 6.39. The zero-order chi connectivity index (χ0) is 15.6. The first-order valence-corrected chi connectivity index (χ1v) is 9.30. The summed E-state index contributed by atoms with van der Waals surface area (Å²) in [6.45, 7) is 1.91. The topological polar surface area (TPSA) is 86.4 Å². The van der Waals surface area contributed by atoms with Gasteiger partial charge in [0.25, 0.3) is 10.0 Å². The van der Waals surface area contributed by atoms with Gasteiger partial charge in [-0.25, -0.2) is 13.4 Å². The number of nitrogens with one attached hydrogen (secondary N) is 1. The van der Waals surface area contributed by atoms with E-state index in [9.17, 15) is 13.2 Å². The van der Waals surface area contributed by atoms with Gasteiger partial charge in [0.1, 0.15) is 0 Å². The van der Waals surface area contributed by atoms with Crippen molar-refractivity contribution in [3.63, 3.8) is 0 Å². The lowest BCUT2D eigenvalue weighted by atomic mass is 10.1. The predicted octanol–water partition coefficient (Wildman–Crippen LogP) is 0.823. The average molecular weight is 326 g/mol. The molecule has 0 spiro atoms. The molecule has 0 radical (unpaired) electrons. The number of aromatic nitrogens is 2. The van der Waals surface area contributed by atoms with Crippen molar-refractivity contribution in [2.75, 3.05) is 26.2 Å². The second-order valence-electron chi connectivity index (χ2n) is 5.98. The van der Waals surface area contributed by atoms with Gasteiger partial charge in [-0.2, -0.15) is 4.31 Å². The number of aromatic amines is 1. The number of amides is 1. The second kappa shape index (κ2) is 6.37. The summed E-state index contributed by atoms with van der Waals surface area (Å²) in [5, 5.41) is 0.114. The summed E-state index contributed by atoms with van der Waals surface area (Å²) in [5.74, 6) is 0.356. The van der Waals surface area contributed by atoms with Crippen LogP contribution in [0.25, 0.3) is 0 Å². The van der Waals surface area contributed by atoms with Crippen molar-refractivity contribution in [1.29, 1.82) is 0 Å². The number of sulfonamides is 1. The van der Waals surface area contributed by atoms with E-state index in [4.69, 9.17) is 0 Å². The summed E-state index contributed by atoms with van der Waals surface area (Å²) in [6, 6.07) is 0. The smallest absolute Gasteiger partial charge is 0.260 e. The fourth-order valence-corrected chi connectivity index (χ4v) is 4.67. The normalized spacial score (nSPS) is 21.9. The van der Waals surface area contributed by atoms with Gasteiger partial charge in [0.15, 0.2) is 5.03 Å². The van der Waals surface area contributed by atoms with Crippen molar-refractivity contribution in [2.24, 2.45) is 5.92 Å². The van der Waals surface area contributed by atoms with Crippen molar-refractivity contribution in [3.8, 4) is 0 Å². The fourth-order valence-electron chi connectivity index (χ4n) is 3.31. The highest BCUT2D eigenvalue weighted by Crippen LogP contribution is 2.27. The van der Waals surface area contributed by atoms with Gasteiger partial charge in [-0.3, -0.25) is 4.79 Å². The van der Waals surface area contributed by atoms with Crippen molar-refractivity contribution in [2.45, 2.75) is 37.1 Å². The highest BCUT2D eigenvalue weighted by molar-refractivity contribution is 7.89. The Morgan fingerprint density at radius 3 is 2.59 bits per heavy atom. The largest absolute Gasteiger partial charge is 0.341 e. The molecule has 0 unspecified atom stereocenters. The molecule has 1 saturated carbocycles. The van der Waals surface area contributed by atoms with Crippen LogP contribution in [0.1, 0.15) is 32.1 Å². The van der Waals surface area contributed by atoms with Gasteiger partial charge in [-0.05, 0) is 19.3 Å². The van der Waals surface area contributed by atoms with E-state index in [-0.39, 0.29) is 16.9 Å². The molecule has 1 amide bonds. The number of H-pyrrole nitrogens is 1. The minimum atomic E-state index is -3.53. The van der Waals surface area contributed by atoms with Gasteiger partial charge >= 0.3 is 0 Å². The molecule has 122 valence electrons. The van der Waals surface area contributed by atoms with Crippen molar-refractivity contribution in [3.05, 3.63) is 12.5 Å². The maximum absolute atomic E-state index is 12.5. The molecule has 0 bridgehead atoms. The van der Waals surface area contributed by atoms with Crippen LogP contribution < -0.4 is 0 Å². The first-order chi connectivity index (χ1) is 10.6. The quantitative estimate of drug-likeness (QED) is 0.891. The molecule has 7 nitrogen and oxygen atoms in total. The minimum Gasteiger partial charge on any atom is -0.341 e. The Hall–Kier alpha value is -1.41. The molecule has 1 aliphatic carbocycles. The molecule has 0 aromatic carbocycles. The van der Waals surface area contributed by atoms with Gasteiger partial charge < -0.3 is 9.88 Å². The summed E-state index contributed by atoms with van der Waals surface area (Å²) >= 11 is 0. The van der Waals surface area contributed by atoms with Crippen LogP contribution in [0.4, 0.5) is 0 Å². The molecule has 1 aromatic rings. The molecular weight excluding hydrogens is 304 g/mol. The monoisotopic (exact) mass is 326 g/mol. The summed E-state index contributed by atoms with van der Waals surface area (Å²) < 4.78 is 26.4. The number of carbonyl (C=O) groups is 1. The highest BCUT2D eigenvalue weighted by atomic mass is 32.2. The molecule has 22 heavy (non-hydrogen) atoms. The van der Waals surface area contributed by atoms with E-state index < -0.39 is 10.0 Å². The highest BCUT2D eigenvalue weighted by Gasteiger charge is 2.32. The Morgan fingerprint density at radius 2 is 1.91 bits per heavy atom. The number of carbonyl (C=O) groups excluding carboxylic acids is 1. The fraction of sp³-hybridized carbons (Fsp3) is 0.714. The van der Waals surface area contributed by atoms with Crippen molar-refractivity contribution >= 4 is 15.9 Å². The van der Waals surface area contributed by atoms with Crippen LogP contribution in [-0.2, 0) is 14.8 Å². The van der Waals surface area contributed by atoms with E-state index in [0.29, 0.717) is 32.6 Å². The molecule has 1 aromatic heterocycles. The van der Waals surface area contributed by atoms with Gasteiger partial charge in [-0.1, -0.05) is 12.8 Å². The van der Waals surface area contributed by atoms with E-state index in [0.717, 1.165) is 25.7 Å². The van der Waals surface area contributed by atoms with Crippen LogP contribution in [0, 0.1) is 5.92 Å². The number of nitrogens with zero attached hydrogens (tertiary/aromatic N) is 3. The summed E-state index contributed by atoms with van der Waals surface area (Å²) in [6.07, 6.45) is 7.57. The number of hydrogen-bond acceptors (Lipinski definition) is 4. The zero-order valence-corrected chi connectivity index (χ0v) is 13.4. The average Bonchev–Trinajstić information content (AvgIpc) is 3.16. The second-order valence-corrected chi connectivity index (χ2v) is 7.89. The van der Waals surface area contributed by atoms with Crippen LogP contribution in [0.15, 0.2) is 17.6 Å². The van der Waals surface area contributed by atoms with Crippen molar-refractivity contribution < 1.29 is 13.2 Å². The van der Waals surface area contributed by atoms with Crippen LogP contribution in [0.5, 0.6) is 0 Å². The lowest BCUT2D eigenvalue weighted by Gasteiger charge is -2.24. The molecule has 2 heterocycles. The van der Waals surface area contributed by atoms with E-state index in [1.807, 2.05) is 4.90 Å². The molecule has 8 heteroatoms. The van der Waals surface area contributed by atoms with Gasteiger partial charge in [-0.15, -0.1) is 0 Å². The van der Waals surface area contributed by atoms with Crippen LogP contribution in [0.2, 0.25) is 0 Å². The molecule has 1 saturated heterocycles. The van der Waals surface area contributed by atoms with E-state index in [1.165, 1.54) is 16.8 Å². The molecule has 1 aliphatic heterocycles. The first kappa shape index (κ1) is 15.5. The van der Waals surface area contributed by atoms with Gasteiger partial charge in [0, 0.05) is 32.1 Å². The molecule has 0 atom stereocenters. The van der Waals surface area contributed by atoms with Crippen molar-refractivity contribution in [1.82, 2.24) is 19.2 Å². The molecule has 2 aliphatic rings. The number of rotatable bonds is 3. The molecule has 3 rings (SSSR count). The lowest BCUT2D eigenvalue weighted by Crippen LogP contribution is -2.39. The first-order valence-electron chi connectivity index (χ1n) is 7.86. The molecule has 1 N–H and O–H groups in total.